The molecule has 0 atom stereocenters. The number of ether oxygens (including phenoxy) is 1. The number of nitrogens with one attached hydrogen (secondary N) is 2. The van der Waals surface area contributed by atoms with Gasteiger partial charge in [-0.3, -0.25) is 0 Å². The molecule has 0 saturated heterocycles. The topological polar surface area (TPSA) is 70.7 Å². The molecular formula is C14H31N3O3S. The summed E-state index contributed by atoms with van der Waals surface area (Å²) in [6, 6.07) is 0. The van der Waals surface area contributed by atoms with Crippen LogP contribution in [0.15, 0.2) is 0 Å². The molecule has 21 heavy (non-hydrogen) atoms. The van der Waals surface area contributed by atoms with Gasteiger partial charge < -0.3 is 10.1 Å². The Labute approximate surface area is 129 Å². The summed E-state index contributed by atoms with van der Waals surface area (Å²) in [5.74, 6) is 0.758. The van der Waals surface area contributed by atoms with Crippen LogP contribution in [0.1, 0.15) is 39.0 Å². The van der Waals surface area contributed by atoms with E-state index in [9.17, 15) is 8.42 Å². The largest absolute Gasteiger partial charge is 0.381 e. The van der Waals surface area contributed by atoms with Gasteiger partial charge in [0.05, 0.1) is 0 Å². The van der Waals surface area contributed by atoms with Crippen LogP contribution in [0.2, 0.25) is 0 Å². The molecule has 0 bridgehead atoms. The molecule has 0 aliphatic heterocycles. The standard InChI is InChI=1S/C14H31N3O3S/c1-3-8-15-9-4-11-17(2)21(18,19)16-10-5-12-20-13-14-6-7-14/h14-16H,3-13H2,1-2H3. The Bertz CT molecular complexity index is 358. The van der Waals surface area contributed by atoms with Gasteiger partial charge in [0.2, 0.25) is 0 Å². The molecule has 0 aromatic heterocycles. The predicted octanol–water partition coefficient (Wildman–Crippen LogP) is 0.959. The van der Waals surface area contributed by atoms with Crippen molar-refractivity contribution in [2.45, 2.75) is 39.0 Å². The Kier molecular flexibility index (Phi) is 9.42. The number of hydrogen-bond acceptors (Lipinski definition) is 4. The highest BCUT2D eigenvalue weighted by atomic mass is 32.2. The van der Waals surface area contributed by atoms with E-state index in [4.69, 9.17) is 4.74 Å². The third kappa shape index (κ3) is 9.42. The van der Waals surface area contributed by atoms with Gasteiger partial charge in [-0.15, -0.1) is 0 Å². The zero-order valence-electron chi connectivity index (χ0n) is 13.4. The molecular weight excluding hydrogens is 290 g/mol. The van der Waals surface area contributed by atoms with Crippen molar-refractivity contribution >= 4 is 10.2 Å². The number of rotatable bonds is 14. The van der Waals surface area contributed by atoms with E-state index in [2.05, 4.69) is 17.0 Å². The van der Waals surface area contributed by atoms with E-state index in [0.29, 0.717) is 19.7 Å². The molecule has 0 aromatic rings. The van der Waals surface area contributed by atoms with E-state index in [0.717, 1.165) is 44.9 Å². The van der Waals surface area contributed by atoms with Crippen LogP contribution in [0.3, 0.4) is 0 Å². The second-order valence-corrected chi connectivity index (χ2v) is 7.56. The van der Waals surface area contributed by atoms with E-state index in [1.807, 2.05) is 0 Å². The normalized spacial score (nSPS) is 15.8. The summed E-state index contributed by atoms with van der Waals surface area (Å²) in [4.78, 5) is 0. The first-order valence-electron chi connectivity index (χ1n) is 8.05. The molecule has 0 radical (unpaired) electrons. The lowest BCUT2D eigenvalue weighted by Crippen LogP contribution is -2.40. The first-order valence-corrected chi connectivity index (χ1v) is 9.49. The van der Waals surface area contributed by atoms with Gasteiger partial charge in [-0.1, -0.05) is 6.92 Å². The van der Waals surface area contributed by atoms with Crippen LogP contribution < -0.4 is 10.0 Å². The Morgan fingerprint density at radius 1 is 1.19 bits per heavy atom. The molecule has 7 heteroatoms. The van der Waals surface area contributed by atoms with Gasteiger partial charge >= 0.3 is 0 Å². The zero-order chi connectivity index (χ0) is 15.6. The van der Waals surface area contributed by atoms with Crippen molar-refractivity contribution in [3.05, 3.63) is 0 Å². The van der Waals surface area contributed by atoms with E-state index in [1.165, 1.54) is 17.1 Å². The fourth-order valence-electron chi connectivity index (χ4n) is 1.87. The van der Waals surface area contributed by atoms with Crippen molar-refractivity contribution < 1.29 is 13.2 Å². The molecule has 6 nitrogen and oxygen atoms in total. The summed E-state index contributed by atoms with van der Waals surface area (Å²) >= 11 is 0. The maximum Gasteiger partial charge on any atom is 0.279 e. The minimum atomic E-state index is -3.34. The predicted molar refractivity (Wildman–Crippen MR) is 85.5 cm³/mol. The van der Waals surface area contributed by atoms with Crippen molar-refractivity contribution in [2.75, 3.05) is 46.4 Å². The molecule has 1 saturated carbocycles. The van der Waals surface area contributed by atoms with Gasteiger partial charge in [-0.25, -0.2) is 4.72 Å². The van der Waals surface area contributed by atoms with Gasteiger partial charge in [0, 0.05) is 33.4 Å². The van der Waals surface area contributed by atoms with Gasteiger partial charge in [-0.05, 0) is 51.1 Å². The lowest BCUT2D eigenvalue weighted by Gasteiger charge is -2.17. The van der Waals surface area contributed by atoms with Gasteiger partial charge in [0.25, 0.3) is 10.2 Å². The molecule has 126 valence electrons. The summed E-state index contributed by atoms with van der Waals surface area (Å²) in [6.45, 7) is 6.37. The molecule has 0 amide bonds. The highest BCUT2D eigenvalue weighted by Crippen LogP contribution is 2.28. The van der Waals surface area contributed by atoms with Crippen molar-refractivity contribution in [3.63, 3.8) is 0 Å². The van der Waals surface area contributed by atoms with Crippen LogP contribution in [0.4, 0.5) is 0 Å². The van der Waals surface area contributed by atoms with E-state index in [-0.39, 0.29) is 0 Å². The summed E-state index contributed by atoms with van der Waals surface area (Å²) in [5, 5.41) is 3.26. The Balaban J connectivity index is 2.01. The van der Waals surface area contributed by atoms with Gasteiger partial charge in [0.1, 0.15) is 0 Å². The highest BCUT2D eigenvalue weighted by molar-refractivity contribution is 7.87. The monoisotopic (exact) mass is 321 g/mol. The quantitative estimate of drug-likeness (QED) is 0.468. The summed E-state index contributed by atoms with van der Waals surface area (Å²) in [6.07, 6.45) is 5.20. The summed E-state index contributed by atoms with van der Waals surface area (Å²) < 4.78 is 33.4. The molecule has 1 aliphatic rings. The van der Waals surface area contributed by atoms with Gasteiger partial charge in [0.15, 0.2) is 0 Å². The lowest BCUT2D eigenvalue weighted by atomic mass is 10.4. The van der Waals surface area contributed by atoms with E-state index in [1.54, 1.807) is 7.05 Å². The molecule has 1 rings (SSSR count). The van der Waals surface area contributed by atoms with Crippen molar-refractivity contribution in [1.29, 1.82) is 0 Å². The fraction of sp³-hybridized carbons (Fsp3) is 1.00. The van der Waals surface area contributed by atoms with Gasteiger partial charge in [-0.2, -0.15) is 12.7 Å². The zero-order valence-corrected chi connectivity index (χ0v) is 14.3. The Morgan fingerprint density at radius 3 is 2.62 bits per heavy atom. The Morgan fingerprint density at radius 2 is 1.95 bits per heavy atom. The van der Waals surface area contributed by atoms with Crippen LogP contribution in [0.5, 0.6) is 0 Å². The van der Waals surface area contributed by atoms with Crippen LogP contribution >= 0.6 is 0 Å². The minimum Gasteiger partial charge on any atom is -0.381 e. The van der Waals surface area contributed by atoms with Crippen LogP contribution in [0.25, 0.3) is 0 Å². The minimum absolute atomic E-state index is 0.436. The van der Waals surface area contributed by atoms with Crippen molar-refractivity contribution in [2.24, 2.45) is 5.92 Å². The highest BCUT2D eigenvalue weighted by Gasteiger charge is 2.21. The SMILES string of the molecule is CCCNCCCN(C)S(=O)(=O)NCCCOCC1CC1. The van der Waals surface area contributed by atoms with Crippen molar-refractivity contribution in [3.8, 4) is 0 Å². The molecule has 1 aliphatic carbocycles. The number of hydrogen-bond donors (Lipinski definition) is 2. The molecule has 0 unspecified atom stereocenters. The third-order valence-corrected chi connectivity index (χ3v) is 5.04. The van der Waals surface area contributed by atoms with E-state index < -0.39 is 10.2 Å². The summed E-state index contributed by atoms with van der Waals surface area (Å²) in [7, 11) is -1.73. The molecule has 0 spiro atoms. The fourth-order valence-corrected chi connectivity index (χ4v) is 2.86. The number of nitrogens with zero attached hydrogens (tertiary/aromatic N) is 1. The second-order valence-electron chi connectivity index (χ2n) is 5.70. The van der Waals surface area contributed by atoms with E-state index >= 15 is 0 Å². The van der Waals surface area contributed by atoms with Crippen LogP contribution in [0, 0.1) is 5.92 Å². The molecule has 1 fully saturated rings. The maximum absolute atomic E-state index is 12.0. The first-order chi connectivity index (χ1) is 10.1. The average Bonchev–Trinajstić information content (AvgIpc) is 3.26. The molecule has 0 aromatic carbocycles. The average molecular weight is 321 g/mol. The Hall–Kier alpha value is -0.210. The third-order valence-electron chi connectivity index (χ3n) is 3.46. The first kappa shape index (κ1) is 18.8. The molecule has 0 heterocycles. The lowest BCUT2D eigenvalue weighted by molar-refractivity contribution is 0.123. The van der Waals surface area contributed by atoms with Crippen LogP contribution in [-0.2, 0) is 14.9 Å². The van der Waals surface area contributed by atoms with Crippen LogP contribution in [-0.4, -0.2) is 59.2 Å². The van der Waals surface area contributed by atoms with Crippen molar-refractivity contribution in [1.82, 2.24) is 14.3 Å². The maximum atomic E-state index is 12.0. The summed E-state index contributed by atoms with van der Waals surface area (Å²) in [5.41, 5.74) is 0. The smallest absolute Gasteiger partial charge is 0.279 e. The molecule has 2 N–H and O–H groups in total. The second kappa shape index (κ2) is 10.5.